The van der Waals surface area contributed by atoms with E-state index in [2.05, 4.69) is 25.1 Å². The van der Waals surface area contributed by atoms with Crippen molar-refractivity contribution >= 4 is 10.0 Å². The Hall–Kier alpha value is -1.06. The zero-order valence-electron chi connectivity index (χ0n) is 13.0. The Kier molecular flexibility index (Phi) is 4.74. The van der Waals surface area contributed by atoms with E-state index >= 15 is 0 Å². The minimum Gasteiger partial charge on any atom is -0.293 e. The van der Waals surface area contributed by atoms with Gasteiger partial charge in [0.1, 0.15) is 0 Å². The first-order chi connectivity index (χ1) is 10.5. The Morgan fingerprint density at radius 3 is 2.82 bits per heavy atom. The molecule has 1 aliphatic carbocycles. The fourth-order valence-electron chi connectivity index (χ4n) is 3.11. The van der Waals surface area contributed by atoms with Gasteiger partial charge >= 0.3 is 0 Å². The Morgan fingerprint density at radius 1 is 1.27 bits per heavy atom. The van der Waals surface area contributed by atoms with Crippen LogP contribution in [0.25, 0.3) is 0 Å². The lowest BCUT2D eigenvalue weighted by molar-refractivity contribution is 0.127. The molecule has 2 fully saturated rings. The van der Waals surface area contributed by atoms with Crippen molar-refractivity contribution in [1.29, 1.82) is 0 Å². The number of hydrogen-bond acceptors (Lipinski definition) is 6. The molecule has 0 spiro atoms. The van der Waals surface area contributed by atoms with Gasteiger partial charge in [-0.3, -0.25) is 4.90 Å². The zero-order chi connectivity index (χ0) is 15.6. The summed E-state index contributed by atoms with van der Waals surface area (Å²) in [6.45, 7) is 2.28. The zero-order valence-corrected chi connectivity index (χ0v) is 13.8. The number of tetrazole rings is 1. The molecule has 0 amide bonds. The highest BCUT2D eigenvalue weighted by atomic mass is 32.2. The van der Waals surface area contributed by atoms with Crippen LogP contribution < -0.4 is 4.72 Å². The number of piperidine rings is 1. The quantitative estimate of drug-likeness (QED) is 0.774. The summed E-state index contributed by atoms with van der Waals surface area (Å²) >= 11 is 0. The molecule has 1 unspecified atom stereocenters. The number of nitrogens with one attached hydrogen (secondary N) is 1. The summed E-state index contributed by atoms with van der Waals surface area (Å²) in [4.78, 5) is 2.40. The highest BCUT2D eigenvalue weighted by Crippen LogP contribution is 2.34. The lowest BCUT2D eigenvalue weighted by Crippen LogP contribution is -2.41. The van der Waals surface area contributed by atoms with Gasteiger partial charge in [-0.2, -0.15) is 0 Å². The summed E-state index contributed by atoms with van der Waals surface area (Å²) in [7, 11) is -3.11. The summed E-state index contributed by atoms with van der Waals surface area (Å²) in [5.74, 6) is 0.936. The first-order valence-electron chi connectivity index (χ1n) is 7.98. The van der Waals surface area contributed by atoms with Crippen molar-refractivity contribution in [1.82, 2.24) is 29.8 Å². The predicted molar refractivity (Wildman–Crippen MR) is 81.6 cm³/mol. The standard InChI is InChI=1S/C13H24N6O2S/c1-22(20,21)14-8-7-11-4-2-3-9-18(11)10-13-15-16-17-19(13)12-5-6-12/h11-12,14H,2-10H2,1H3. The first kappa shape index (κ1) is 15.8. The summed E-state index contributed by atoms with van der Waals surface area (Å²) in [5, 5.41) is 12.1. The third-order valence-electron chi connectivity index (χ3n) is 4.39. The van der Waals surface area contributed by atoms with Crippen LogP contribution >= 0.6 is 0 Å². The first-order valence-corrected chi connectivity index (χ1v) is 9.87. The number of rotatable bonds is 7. The van der Waals surface area contributed by atoms with Crippen LogP contribution in [0.1, 0.15) is 50.4 Å². The molecule has 1 saturated heterocycles. The van der Waals surface area contributed by atoms with Crippen LogP contribution in [0.4, 0.5) is 0 Å². The number of aromatic nitrogens is 4. The third kappa shape index (κ3) is 4.23. The van der Waals surface area contributed by atoms with E-state index in [0.717, 1.165) is 31.8 Å². The van der Waals surface area contributed by atoms with Crippen LogP contribution in [0, 0.1) is 0 Å². The van der Waals surface area contributed by atoms with Crippen LogP contribution in [-0.4, -0.2) is 58.9 Å². The van der Waals surface area contributed by atoms with Gasteiger partial charge in [0, 0.05) is 12.6 Å². The molecule has 1 aliphatic heterocycles. The SMILES string of the molecule is CS(=O)(=O)NCCC1CCCCN1Cc1nnnn1C1CC1. The summed E-state index contributed by atoms with van der Waals surface area (Å²) in [5.41, 5.74) is 0. The molecule has 3 rings (SSSR count). The highest BCUT2D eigenvalue weighted by Gasteiger charge is 2.30. The lowest BCUT2D eigenvalue weighted by atomic mass is 9.99. The molecule has 9 heteroatoms. The van der Waals surface area contributed by atoms with Gasteiger partial charge in [0.25, 0.3) is 0 Å². The maximum atomic E-state index is 11.2. The molecule has 124 valence electrons. The van der Waals surface area contributed by atoms with Crippen molar-refractivity contribution < 1.29 is 8.42 Å². The summed E-state index contributed by atoms with van der Waals surface area (Å²) in [6.07, 6.45) is 7.86. The van der Waals surface area contributed by atoms with Crippen molar-refractivity contribution in [2.24, 2.45) is 0 Å². The second-order valence-corrected chi connectivity index (χ2v) is 8.18. The van der Waals surface area contributed by atoms with E-state index in [1.807, 2.05) is 4.68 Å². The molecule has 1 N–H and O–H groups in total. The predicted octanol–water partition coefficient (Wildman–Crippen LogP) is 0.302. The Morgan fingerprint density at radius 2 is 2.09 bits per heavy atom. The van der Waals surface area contributed by atoms with Crippen LogP contribution in [0.15, 0.2) is 0 Å². The molecule has 0 radical (unpaired) electrons. The smallest absolute Gasteiger partial charge is 0.208 e. The molecule has 1 aromatic heterocycles. The van der Waals surface area contributed by atoms with Crippen molar-refractivity contribution in [2.75, 3.05) is 19.3 Å². The van der Waals surface area contributed by atoms with Crippen LogP contribution in [-0.2, 0) is 16.6 Å². The molecule has 0 bridgehead atoms. The monoisotopic (exact) mass is 328 g/mol. The van der Waals surface area contributed by atoms with Crippen LogP contribution in [0.2, 0.25) is 0 Å². The highest BCUT2D eigenvalue weighted by molar-refractivity contribution is 7.88. The Labute approximate surface area is 131 Å². The van der Waals surface area contributed by atoms with Gasteiger partial charge in [-0.25, -0.2) is 17.8 Å². The molecule has 0 aromatic carbocycles. The van der Waals surface area contributed by atoms with Gasteiger partial charge in [0.2, 0.25) is 10.0 Å². The average molecular weight is 328 g/mol. The third-order valence-corrected chi connectivity index (χ3v) is 5.12. The van der Waals surface area contributed by atoms with Crippen molar-refractivity contribution in [3.8, 4) is 0 Å². The van der Waals surface area contributed by atoms with Crippen molar-refractivity contribution in [3.05, 3.63) is 5.82 Å². The van der Waals surface area contributed by atoms with Gasteiger partial charge in [0.05, 0.1) is 18.8 Å². The van der Waals surface area contributed by atoms with Gasteiger partial charge < -0.3 is 0 Å². The molecule has 2 heterocycles. The molecule has 1 aromatic rings. The molecular weight excluding hydrogens is 304 g/mol. The molecule has 1 atom stereocenters. The van der Waals surface area contributed by atoms with Crippen molar-refractivity contribution in [2.45, 2.75) is 57.2 Å². The lowest BCUT2D eigenvalue weighted by Gasteiger charge is -2.35. The summed E-state index contributed by atoms with van der Waals surface area (Å²) < 4.78 is 26.9. The van der Waals surface area contributed by atoms with E-state index in [1.165, 1.54) is 31.9 Å². The number of hydrogen-bond donors (Lipinski definition) is 1. The second kappa shape index (κ2) is 6.59. The molecular formula is C13H24N6O2S. The second-order valence-electron chi connectivity index (χ2n) is 6.35. The molecule has 22 heavy (non-hydrogen) atoms. The van der Waals surface area contributed by atoms with Gasteiger partial charge in [0.15, 0.2) is 5.82 Å². The minimum absolute atomic E-state index is 0.396. The van der Waals surface area contributed by atoms with E-state index in [1.54, 1.807) is 0 Å². The van der Waals surface area contributed by atoms with Gasteiger partial charge in [-0.05, 0) is 49.1 Å². The van der Waals surface area contributed by atoms with Gasteiger partial charge in [-0.15, -0.1) is 5.10 Å². The fourth-order valence-corrected chi connectivity index (χ4v) is 3.60. The largest absolute Gasteiger partial charge is 0.293 e. The molecule has 8 nitrogen and oxygen atoms in total. The maximum absolute atomic E-state index is 11.2. The fraction of sp³-hybridized carbons (Fsp3) is 0.923. The topological polar surface area (TPSA) is 93.0 Å². The van der Waals surface area contributed by atoms with E-state index in [4.69, 9.17) is 0 Å². The number of likely N-dealkylation sites (tertiary alicyclic amines) is 1. The number of sulfonamides is 1. The Balaban J connectivity index is 1.58. The number of nitrogens with zero attached hydrogens (tertiary/aromatic N) is 5. The maximum Gasteiger partial charge on any atom is 0.208 e. The molecule has 2 aliphatic rings. The van der Waals surface area contributed by atoms with E-state index in [0.29, 0.717) is 18.6 Å². The van der Waals surface area contributed by atoms with E-state index < -0.39 is 10.0 Å². The van der Waals surface area contributed by atoms with E-state index in [9.17, 15) is 8.42 Å². The van der Waals surface area contributed by atoms with Crippen LogP contribution in [0.5, 0.6) is 0 Å². The Bertz CT molecular complexity index is 597. The summed E-state index contributed by atoms with van der Waals surface area (Å²) in [6, 6.07) is 0.882. The average Bonchev–Trinajstić information content (AvgIpc) is 3.20. The van der Waals surface area contributed by atoms with Gasteiger partial charge in [-0.1, -0.05) is 6.42 Å². The molecule has 1 saturated carbocycles. The van der Waals surface area contributed by atoms with Crippen molar-refractivity contribution in [3.63, 3.8) is 0 Å². The van der Waals surface area contributed by atoms with E-state index in [-0.39, 0.29) is 0 Å². The van der Waals surface area contributed by atoms with Crippen LogP contribution in [0.3, 0.4) is 0 Å². The minimum atomic E-state index is -3.11. The normalized spacial score (nSPS) is 23.8.